The third kappa shape index (κ3) is 3.94. The number of carbonyl (C=O) groups excluding carboxylic acids is 2. The van der Waals surface area contributed by atoms with Gasteiger partial charge >= 0.3 is 6.18 Å². The van der Waals surface area contributed by atoms with Gasteiger partial charge in [0.15, 0.2) is 0 Å². The van der Waals surface area contributed by atoms with Crippen LogP contribution >= 0.6 is 0 Å². The molecule has 27 heavy (non-hydrogen) atoms. The summed E-state index contributed by atoms with van der Waals surface area (Å²) >= 11 is 0. The maximum atomic E-state index is 13.1. The number of nitrogens with zero attached hydrogens (tertiary/aromatic N) is 1. The Hall–Kier alpha value is -2.51. The van der Waals surface area contributed by atoms with Gasteiger partial charge in [0.1, 0.15) is 5.75 Å². The van der Waals surface area contributed by atoms with Gasteiger partial charge in [-0.2, -0.15) is 13.2 Å². The smallest absolute Gasteiger partial charge is 0.389 e. The van der Waals surface area contributed by atoms with E-state index in [0.29, 0.717) is 34.3 Å². The number of alkyl halides is 3. The molecule has 1 unspecified atom stereocenters. The molecule has 5 nitrogen and oxygen atoms in total. The van der Waals surface area contributed by atoms with Gasteiger partial charge in [-0.25, -0.2) is 0 Å². The van der Waals surface area contributed by atoms with Crippen molar-refractivity contribution >= 4 is 22.7 Å². The zero-order valence-electron chi connectivity index (χ0n) is 15.2. The summed E-state index contributed by atoms with van der Waals surface area (Å²) in [6, 6.07) is 5.13. The number of hydrogen-bond donors (Lipinski definition) is 1. The first-order valence-corrected chi connectivity index (χ1v) is 8.77. The van der Waals surface area contributed by atoms with Crippen molar-refractivity contribution in [3.8, 4) is 5.75 Å². The van der Waals surface area contributed by atoms with Gasteiger partial charge in [-0.1, -0.05) is 0 Å². The fourth-order valence-corrected chi connectivity index (χ4v) is 3.83. The van der Waals surface area contributed by atoms with Gasteiger partial charge in [0.25, 0.3) is 0 Å². The van der Waals surface area contributed by atoms with Crippen molar-refractivity contribution < 1.29 is 27.5 Å². The standard InChI is InChI=1S/C19H21F3N2O3/c1-11(25)23-8-7-14-15-9-13(27-2)4-5-16(15)24-17(26)6-3-12(18(14)24)10-19(20,21)22/h4-5,9,12H,3,6-8,10H2,1-2H3,(H,23,25). The van der Waals surface area contributed by atoms with Crippen molar-refractivity contribution in [1.29, 1.82) is 0 Å². The Morgan fingerprint density at radius 2 is 2.11 bits per heavy atom. The van der Waals surface area contributed by atoms with Crippen molar-refractivity contribution in [2.45, 2.75) is 44.7 Å². The molecule has 1 aromatic heterocycles. The van der Waals surface area contributed by atoms with Crippen LogP contribution in [0, 0.1) is 0 Å². The van der Waals surface area contributed by atoms with Crippen LogP contribution in [0.1, 0.15) is 48.2 Å². The van der Waals surface area contributed by atoms with E-state index in [9.17, 15) is 22.8 Å². The lowest BCUT2D eigenvalue weighted by Crippen LogP contribution is -2.27. The number of rotatable bonds is 5. The van der Waals surface area contributed by atoms with Crippen LogP contribution in [0.25, 0.3) is 10.9 Å². The minimum atomic E-state index is -4.32. The average Bonchev–Trinajstić information content (AvgIpc) is 2.91. The Morgan fingerprint density at radius 3 is 2.74 bits per heavy atom. The molecule has 1 aromatic carbocycles. The summed E-state index contributed by atoms with van der Waals surface area (Å²) in [6.07, 6.45) is -4.71. The van der Waals surface area contributed by atoms with Crippen molar-refractivity contribution in [3.63, 3.8) is 0 Å². The molecule has 0 fully saturated rings. The van der Waals surface area contributed by atoms with E-state index >= 15 is 0 Å². The summed E-state index contributed by atoms with van der Waals surface area (Å²) in [6.45, 7) is 1.66. The Kier molecular flexibility index (Phi) is 5.17. The van der Waals surface area contributed by atoms with Crippen molar-refractivity contribution in [2.75, 3.05) is 13.7 Å². The van der Waals surface area contributed by atoms with Gasteiger partial charge in [-0.05, 0) is 36.6 Å². The minimum Gasteiger partial charge on any atom is -0.497 e. The predicted octanol–water partition coefficient (Wildman–Crippen LogP) is 3.80. The summed E-state index contributed by atoms with van der Waals surface area (Å²) in [5.41, 5.74) is 1.66. The van der Waals surface area contributed by atoms with Crippen LogP contribution in [0.2, 0.25) is 0 Å². The highest BCUT2D eigenvalue weighted by Gasteiger charge is 2.39. The Balaban J connectivity index is 2.16. The summed E-state index contributed by atoms with van der Waals surface area (Å²) in [5, 5.41) is 3.36. The SMILES string of the molecule is COc1ccc2c(c1)c(CCNC(C)=O)c1n2C(=O)CCC1CC(F)(F)F. The largest absolute Gasteiger partial charge is 0.497 e. The summed E-state index contributed by atoms with van der Waals surface area (Å²) in [7, 11) is 1.51. The van der Waals surface area contributed by atoms with Crippen LogP contribution in [0.3, 0.4) is 0 Å². The third-order valence-corrected chi connectivity index (χ3v) is 4.89. The molecule has 146 valence electrons. The molecule has 1 N–H and O–H groups in total. The number of nitrogens with one attached hydrogen (secondary N) is 1. The molecule has 0 saturated heterocycles. The highest BCUT2D eigenvalue weighted by atomic mass is 19.4. The van der Waals surface area contributed by atoms with Crippen LogP contribution in [-0.2, 0) is 11.2 Å². The number of ether oxygens (including phenoxy) is 1. The Bertz CT molecular complexity index is 886. The molecule has 0 radical (unpaired) electrons. The maximum absolute atomic E-state index is 13.1. The lowest BCUT2D eigenvalue weighted by molar-refractivity contribution is -0.139. The van der Waals surface area contributed by atoms with Gasteiger partial charge in [0.05, 0.1) is 19.0 Å². The van der Waals surface area contributed by atoms with E-state index in [-0.39, 0.29) is 31.2 Å². The molecule has 2 aromatic rings. The summed E-state index contributed by atoms with van der Waals surface area (Å²) in [5.74, 6) is -0.642. The third-order valence-electron chi connectivity index (χ3n) is 4.89. The molecule has 0 aliphatic carbocycles. The molecular formula is C19H21F3N2O3. The second-order valence-electron chi connectivity index (χ2n) is 6.76. The first kappa shape index (κ1) is 19.3. The van der Waals surface area contributed by atoms with E-state index in [2.05, 4.69) is 5.32 Å². The quantitative estimate of drug-likeness (QED) is 0.856. The van der Waals surface area contributed by atoms with Gasteiger partial charge in [-0.15, -0.1) is 0 Å². The monoisotopic (exact) mass is 382 g/mol. The van der Waals surface area contributed by atoms with Gasteiger partial charge in [0.2, 0.25) is 11.8 Å². The Labute approximate surface area is 154 Å². The van der Waals surface area contributed by atoms with E-state index in [1.54, 1.807) is 18.2 Å². The average molecular weight is 382 g/mol. The topological polar surface area (TPSA) is 60.3 Å². The molecule has 8 heteroatoms. The summed E-state index contributed by atoms with van der Waals surface area (Å²) in [4.78, 5) is 23.7. The first-order valence-electron chi connectivity index (χ1n) is 8.77. The van der Waals surface area contributed by atoms with Gasteiger partial charge < -0.3 is 10.1 Å². The second-order valence-corrected chi connectivity index (χ2v) is 6.76. The maximum Gasteiger partial charge on any atom is 0.389 e. The molecule has 0 bridgehead atoms. The molecule has 2 heterocycles. The van der Waals surface area contributed by atoms with Crippen LogP contribution in [0.4, 0.5) is 13.2 Å². The highest BCUT2D eigenvalue weighted by Crippen LogP contribution is 2.43. The molecule has 1 aliphatic heterocycles. The molecule has 3 rings (SSSR count). The first-order chi connectivity index (χ1) is 12.7. The van der Waals surface area contributed by atoms with Crippen molar-refractivity contribution in [1.82, 2.24) is 9.88 Å². The molecule has 1 aliphatic rings. The van der Waals surface area contributed by atoms with Crippen LogP contribution in [-0.4, -0.2) is 36.2 Å². The number of halogens is 3. The molecule has 0 saturated carbocycles. The lowest BCUT2D eigenvalue weighted by Gasteiger charge is -2.26. The zero-order chi connectivity index (χ0) is 19.8. The van der Waals surface area contributed by atoms with Crippen LogP contribution < -0.4 is 10.1 Å². The number of methoxy groups -OCH3 is 1. The van der Waals surface area contributed by atoms with Crippen molar-refractivity contribution in [3.05, 3.63) is 29.5 Å². The minimum absolute atomic E-state index is 0.0781. The molecular weight excluding hydrogens is 361 g/mol. The van der Waals surface area contributed by atoms with E-state index in [0.717, 1.165) is 0 Å². The number of fused-ring (bicyclic) bond motifs is 3. The zero-order valence-corrected chi connectivity index (χ0v) is 15.2. The fraction of sp³-hybridized carbons (Fsp3) is 0.474. The number of hydrogen-bond acceptors (Lipinski definition) is 3. The fourth-order valence-electron chi connectivity index (χ4n) is 3.83. The number of amides is 1. The second kappa shape index (κ2) is 7.25. The van der Waals surface area contributed by atoms with E-state index in [4.69, 9.17) is 4.74 Å². The van der Waals surface area contributed by atoms with E-state index < -0.39 is 18.5 Å². The Morgan fingerprint density at radius 1 is 1.37 bits per heavy atom. The molecule has 1 amide bonds. The highest BCUT2D eigenvalue weighted by molar-refractivity contribution is 5.97. The van der Waals surface area contributed by atoms with E-state index in [1.165, 1.54) is 18.6 Å². The van der Waals surface area contributed by atoms with Gasteiger partial charge in [0, 0.05) is 36.9 Å². The molecule has 1 atom stereocenters. The lowest BCUT2D eigenvalue weighted by atomic mass is 9.88. The van der Waals surface area contributed by atoms with Gasteiger partial charge in [-0.3, -0.25) is 14.2 Å². The molecule has 0 spiro atoms. The van der Waals surface area contributed by atoms with E-state index in [1.807, 2.05) is 0 Å². The number of carbonyl (C=O) groups is 2. The number of benzene rings is 1. The van der Waals surface area contributed by atoms with Crippen molar-refractivity contribution in [2.24, 2.45) is 0 Å². The number of aromatic nitrogens is 1. The summed E-state index contributed by atoms with van der Waals surface area (Å²) < 4.78 is 46.0. The van der Waals surface area contributed by atoms with Crippen LogP contribution in [0.15, 0.2) is 18.2 Å². The predicted molar refractivity (Wildman–Crippen MR) is 94.2 cm³/mol. The normalized spacial score (nSPS) is 17.1. The van der Waals surface area contributed by atoms with Crippen LogP contribution in [0.5, 0.6) is 5.75 Å².